The average molecular weight is 279 g/mol. The Bertz CT molecular complexity index is 506. The maximum atomic E-state index is 12.8. The van der Waals surface area contributed by atoms with Gasteiger partial charge in [0.1, 0.15) is 18.2 Å². The van der Waals surface area contributed by atoms with Crippen LogP contribution >= 0.6 is 34.5 Å². The Morgan fingerprint density at radius 1 is 1.31 bits per heavy atom. The number of rotatable bonds is 3. The van der Waals surface area contributed by atoms with Gasteiger partial charge in [-0.25, -0.2) is 4.39 Å². The lowest BCUT2D eigenvalue weighted by Gasteiger charge is -2.03. The molecule has 7 heteroatoms. The molecule has 0 aliphatic carbocycles. The predicted octanol–water partition coefficient (Wildman–Crippen LogP) is 3.56. The van der Waals surface area contributed by atoms with Gasteiger partial charge >= 0.3 is 0 Å². The van der Waals surface area contributed by atoms with Crippen molar-refractivity contribution in [3.05, 3.63) is 38.5 Å². The fraction of sp³-hybridized carbons (Fsp3) is 0.111. The molecule has 16 heavy (non-hydrogen) atoms. The number of hydrogen-bond acceptors (Lipinski definition) is 4. The fourth-order valence-corrected chi connectivity index (χ4v) is 1.95. The zero-order valence-corrected chi connectivity index (χ0v) is 10.1. The number of halogens is 3. The summed E-state index contributed by atoms with van der Waals surface area (Å²) in [6.45, 7) is 0.229. The lowest BCUT2D eigenvalue weighted by Crippen LogP contribution is -1.95. The maximum Gasteiger partial charge on any atom is 0.207 e. The second kappa shape index (κ2) is 4.95. The van der Waals surface area contributed by atoms with Crippen LogP contribution in [0.3, 0.4) is 0 Å². The Morgan fingerprint density at radius 2 is 2.12 bits per heavy atom. The summed E-state index contributed by atoms with van der Waals surface area (Å²) in [6.07, 6.45) is 0. The van der Waals surface area contributed by atoms with E-state index in [9.17, 15) is 4.39 Å². The molecular weight excluding hydrogens is 274 g/mol. The van der Waals surface area contributed by atoms with E-state index in [0.717, 1.165) is 0 Å². The van der Waals surface area contributed by atoms with Crippen LogP contribution in [0.1, 0.15) is 5.01 Å². The molecule has 1 aromatic heterocycles. The molecule has 2 rings (SSSR count). The van der Waals surface area contributed by atoms with Crippen molar-refractivity contribution >= 4 is 34.5 Å². The third-order valence-electron chi connectivity index (χ3n) is 1.70. The summed E-state index contributed by atoms with van der Waals surface area (Å²) in [6, 6.07) is 4.13. The normalized spacial score (nSPS) is 10.4. The molecule has 2 aromatic rings. The minimum absolute atomic E-state index is 0.0211. The highest BCUT2D eigenvalue weighted by Gasteiger charge is 2.05. The van der Waals surface area contributed by atoms with Crippen LogP contribution in [0, 0.1) is 5.82 Å². The second-order valence-corrected chi connectivity index (χ2v) is 4.86. The van der Waals surface area contributed by atoms with Gasteiger partial charge in [0.15, 0.2) is 5.01 Å². The van der Waals surface area contributed by atoms with Crippen LogP contribution in [0.5, 0.6) is 5.75 Å². The van der Waals surface area contributed by atoms with Crippen LogP contribution in [0.4, 0.5) is 4.39 Å². The van der Waals surface area contributed by atoms with E-state index in [0.29, 0.717) is 15.2 Å². The molecule has 3 nitrogen and oxygen atoms in total. The van der Waals surface area contributed by atoms with Gasteiger partial charge in [-0.1, -0.05) is 22.9 Å². The number of aromatic nitrogens is 2. The smallest absolute Gasteiger partial charge is 0.207 e. The summed E-state index contributed by atoms with van der Waals surface area (Å²) in [4.78, 5) is 0. The zero-order valence-electron chi connectivity index (χ0n) is 7.78. The monoisotopic (exact) mass is 278 g/mol. The van der Waals surface area contributed by atoms with E-state index in [1.165, 1.54) is 29.5 Å². The number of ether oxygens (including phenoxy) is 1. The molecule has 0 bridgehead atoms. The van der Waals surface area contributed by atoms with Crippen LogP contribution in [-0.2, 0) is 6.61 Å². The first-order chi connectivity index (χ1) is 7.65. The topological polar surface area (TPSA) is 35.0 Å². The van der Waals surface area contributed by atoms with E-state index in [2.05, 4.69) is 10.2 Å². The summed E-state index contributed by atoms with van der Waals surface area (Å²) in [5.41, 5.74) is 0. The SMILES string of the molecule is Fc1ccc(OCc2nnc(Cl)s2)cc1Cl. The molecule has 0 amide bonds. The summed E-state index contributed by atoms with van der Waals surface area (Å²) < 4.78 is 18.5. The van der Waals surface area contributed by atoms with Gasteiger partial charge in [0.25, 0.3) is 0 Å². The van der Waals surface area contributed by atoms with Gasteiger partial charge in [-0.3, -0.25) is 0 Å². The molecular formula is C9H5Cl2FN2OS. The van der Waals surface area contributed by atoms with Crippen molar-refractivity contribution in [3.8, 4) is 5.75 Å². The minimum atomic E-state index is -0.479. The van der Waals surface area contributed by atoms with E-state index in [-0.39, 0.29) is 11.6 Å². The Labute approximate surface area is 105 Å². The molecule has 0 spiro atoms. The van der Waals surface area contributed by atoms with Crippen molar-refractivity contribution in [2.24, 2.45) is 0 Å². The largest absolute Gasteiger partial charge is 0.486 e. The molecule has 84 valence electrons. The lowest BCUT2D eigenvalue weighted by atomic mass is 10.3. The molecule has 0 fully saturated rings. The molecule has 0 aliphatic heterocycles. The van der Waals surface area contributed by atoms with Crippen molar-refractivity contribution in [3.63, 3.8) is 0 Å². The second-order valence-electron chi connectivity index (χ2n) is 2.81. The van der Waals surface area contributed by atoms with Gasteiger partial charge in [-0.15, -0.1) is 10.2 Å². The Hall–Kier alpha value is -0.910. The van der Waals surface area contributed by atoms with E-state index >= 15 is 0 Å². The molecule has 0 N–H and O–H groups in total. The molecule has 0 saturated carbocycles. The Kier molecular flexibility index (Phi) is 3.58. The van der Waals surface area contributed by atoms with Crippen molar-refractivity contribution in [2.45, 2.75) is 6.61 Å². The summed E-state index contributed by atoms with van der Waals surface area (Å²) in [5.74, 6) is -0.00861. The highest BCUT2D eigenvalue weighted by atomic mass is 35.5. The third-order valence-corrected chi connectivity index (χ3v) is 2.98. The molecule has 0 unspecified atom stereocenters. The van der Waals surface area contributed by atoms with Crippen molar-refractivity contribution in [2.75, 3.05) is 0 Å². The summed E-state index contributed by atoms with van der Waals surface area (Å²) in [5, 5.41) is 8.07. The maximum absolute atomic E-state index is 12.8. The standard InChI is InChI=1S/C9H5Cl2FN2OS/c10-6-3-5(1-2-7(6)12)15-4-8-13-14-9(11)16-8/h1-3H,4H2. The molecule has 0 atom stereocenters. The van der Waals surface area contributed by atoms with Crippen LogP contribution in [0.15, 0.2) is 18.2 Å². The van der Waals surface area contributed by atoms with Gasteiger partial charge in [0.2, 0.25) is 4.47 Å². The van der Waals surface area contributed by atoms with Gasteiger partial charge in [-0.2, -0.15) is 0 Å². The lowest BCUT2D eigenvalue weighted by molar-refractivity contribution is 0.304. The van der Waals surface area contributed by atoms with Gasteiger partial charge in [-0.05, 0) is 23.7 Å². The van der Waals surface area contributed by atoms with Gasteiger partial charge in [0.05, 0.1) is 5.02 Å². The molecule has 0 radical (unpaired) electrons. The number of nitrogens with zero attached hydrogens (tertiary/aromatic N) is 2. The van der Waals surface area contributed by atoms with Gasteiger partial charge < -0.3 is 4.74 Å². The third kappa shape index (κ3) is 2.81. The zero-order chi connectivity index (χ0) is 11.5. The molecule has 1 heterocycles. The van der Waals surface area contributed by atoms with E-state index in [1.807, 2.05) is 0 Å². The number of benzene rings is 1. The molecule has 1 aromatic carbocycles. The Balaban J connectivity index is 2.02. The summed E-state index contributed by atoms with van der Waals surface area (Å²) >= 11 is 12.4. The quantitative estimate of drug-likeness (QED) is 0.861. The van der Waals surface area contributed by atoms with Crippen LogP contribution in [0.2, 0.25) is 9.49 Å². The van der Waals surface area contributed by atoms with Crippen molar-refractivity contribution < 1.29 is 9.13 Å². The average Bonchev–Trinajstić information content (AvgIpc) is 2.66. The predicted molar refractivity (Wildman–Crippen MR) is 60.7 cm³/mol. The van der Waals surface area contributed by atoms with E-state index in [1.54, 1.807) is 0 Å². The number of hydrogen-bond donors (Lipinski definition) is 0. The first kappa shape index (κ1) is 11.6. The Morgan fingerprint density at radius 3 is 2.75 bits per heavy atom. The van der Waals surface area contributed by atoms with Gasteiger partial charge in [0, 0.05) is 6.07 Å². The molecule has 0 aliphatic rings. The fourth-order valence-electron chi connectivity index (χ4n) is 1.00. The summed E-state index contributed by atoms with van der Waals surface area (Å²) in [7, 11) is 0. The molecule has 0 saturated heterocycles. The van der Waals surface area contributed by atoms with Crippen LogP contribution in [-0.4, -0.2) is 10.2 Å². The first-order valence-corrected chi connectivity index (χ1v) is 5.78. The van der Waals surface area contributed by atoms with Crippen molar-refractivity contribution in [1.82, 2.24) is 10.2 Å². The van der Waals surface area contributed by atoms with E-state index in [4.69, 9.17) is 27.9 Å². The van der Waals surface area contributed by atoms with Crippen molar-refractivity contribution in [1.29, 1.82) is 0 Å². The first-order valence-electron chi connectivity index (χ1n) is 4.21. The van der Waals surface area contributed by atoms with E-state index < -0.39 is 5.82 Å². The minimum Gasteiger partial charge on any atom is -0.486 e. The highest BCUT2D eigenvalue weighted by Crippen LogP contribution is 2.22. The van der Waals surface area contributed by atoms with Crippen LogP contribution in [0.25, 0.3) is 0 Å². The highest BCUT2D eigenvalue weighted by molar-refractivity contribution is 7.15. The van der Waals surface area contributed by atoms with Crippen LogP contribution < -0.4 is 4.74 Å².